The molecule has 1 aliphatic carbocycles. The molecular weight excluding hydrogens is 306 g/mol. The predicted octanol–water partition coefficient (Wildman–Crippen LogP) is 4.47. The van der Waals surface area contributed by atoms with Crippen molar-refractivity contribution in [3.8, 4) is 0 Å². The number of aliphatic imine (C=N–C) groups is 1. The van der Waals surface area contributed by atoms with E-state index in [1.165, 1.54) is 16.7 Å². The van der Waals surface area contributed by atoms with Crippen LogP contribution in [0.3, 0.4) is 0 Å². The molecule has 3 atom stereocenters. The lowest BCUT2D eigenvalue weighted by Crippen LogP contribution is -2.48. The highest BCUT2D eigenvalue weighted by atomic mass is 15.5. The standard InChI is InChI=1S/C22H19N3/c1-14-21(2)16-10-7-11-17-18(16)20-24(12-13-25(20)22(14,21)3)19(23-17)15-8-5-4-6-9-15/h4-13,20H,1H2,2-3H3. The van der Waals surface area contributed by atoms with Gasteiger partial charge < -0.3 is 9.80 Å². The molecule has 4 aliphatic rings. The van der Waals surface area contributed by atoms with Crippen LogP contribution in [-0.4, -0.2) is 21.2 Å². The van der Waals surface area contributed by atoms with E-state index >= 15 is 0 Å². The second kappa shape index (κ2) is 3.88. The van der Waals surface area contributed by atoms with Gasteiger partial charge in [-0.1, -0.05) is 49.0 Å². The molecule has 25 heavy (non-hydrogen) atoms. The summed E-state index contributed by atoms with van der Waals surface area (Å²) >= 11 is 0. The van der Waals surface area contributed by atoms with Gasteiger partial charge in [-0.2, -0.15) is 0 Å². The van der Waals surface area contributed by atoms with Crippen LogP contribution >= 0.6 is 0 Å². The fourth-order valence-corrected chi connectivity index (χ4v) is 5.23. The summed E-state index contributed by atoms with van der Waals surface area (Å²) in [7, 11) is 0. The summed E-state index contributed by atoms with van der Waals surface area (Å²) in [5, 5.41) is 0. The van der Waals surface area contributed by atoms with Crippen LogP contribution in [0.4, 0.5) is 5.69 Å². The van der Waals surface area contributed by atoms with Gasteiger partial charge in [-0.15, -0.1) is 0 Å². The van der Waals surface area contributed by atoms with E-state index in [1.807, 2.05) is 6.07 Å². The van der Waals surface area contributed by atoms with E-state index in [1.54, 1.807) is 0 Å². The lowest BCUT2D eigenvalue weighted by Gasteiger charge is -2.46. The van der Waals surface area contributed by atoms with Crippen molar-refractivity contribution in [1.82, 2.24) is 9.80 Å². The van der Waals surface area contributed by atoms with Crippen molar-refractivity contribution in [3.63, 3.8) is 0 Å². The second-order valence-electron chi connectivity index (χ2n) is 7.70. The number of benzene rings is 2. The Bertz CT molecular complexity index is 1020. The normalized spacial score (nSPS) is 33.1. The molecule has 3 heteroatoms. The minimum Gasteiger partial charge on any atom is -0.341 e. The van der Waals surface area contributed by atoms with Crippen molar-refractivity contribution in [2.45, 2.75) is 31.0 Å². The van der Waals surface area contributed by atoms with Gasteiger partial charge in [-0.05, 0) is 31.1 Å². The van der Waals surface area contributed by atoms with Crippen molar-refractivity contribution in [2.24, 2.45) is 4.99 Å². The van der Waals surface area contributed by atoms with Gasteiger partial charge in [0.15, 0.2) is 0 Å². The van der Waals surface area contributed by atoms with Gasteiger partial charge in [-0.3, -0.25) is 0 Å². The van der Waals surface area contributed by atoms with Crippen LogP contribution in [-0.2, 0) is 5.41 Å². The van der Waals surface area contributed by atoms with Crippen LogP contribution < -0.4 is 0 Å². The number of amidine groups is 1. The lowest BCUT2D eigenvalue weighted by atomic mass is 9.82. The van der Waals surface area contributed by atoms with E-state index in [9.17, 15) is 0 Å². The lowest BCUT2D eigenvalue weighted by molar-refractivity contribution is 0.123. The molecule has 3 unspecified atom stereocenters. The summed E-state index contributed by atoms with van der Waals surface area (Å²) in [5.74, 6) is 1.02. The maximum atomic E-state index is 5.05. The monoisotopic (exact) mass is 325 g/mol. The molecule has 0 bridgehead atoms. The van der Waals surface area contributed by atoms with Crippen molar-refractivity contribution in [3.05, 3.63) is 89.8 Å². The van der Waals surface area contributed by atoms with Crippen molar-refractivity contribution in [2.75, 3.05) is 0 Å². The molecule has 2 aromatic carbocycles. The Morgan fingerprint density at radius 3 is 2.60 bits per heavy atom. The number of fused-ring (bicyclic) bond motifs is 3. The molecule has 1 saturated carbocycles. The smallest absolute Gasteiger partial charge is 0.142 e. The number of hydrogen-bond donors (Lipinski definition) is 0. The first kappa shape index (κ1) is 13.5. The van der Waals surface area contributed by atoms with Gasteiger partial charge in [0.1, 0.15) is 12.0 Å². The molecule has 2 aromatic rings. The highest BCUT2D eigenvalue weighted by molar-refractivity contribution is 6.03. The van der Waals surface area contributed by atoms with E-state index in [2.05, 4.69) is 85.1 Å². The zero-order chi connectivity index (χ0) is 17.0. The minimum atomic E-state index is -0.0202. The average molecular weight is 325 g/mol. The zero-order valence-corrected chi connectivity index (χ0v) is 14.4. The van der Waals surface area contributed by atoms with Crippen molar-refractivity contribution >= 4 is 11.5 Å². The van der Waals surface area contributed by atoms with Crippen LogP contribution in [0.15, 0.2) is 78.1 Å². The Morgan fingerprint density at radius 1 is 1.00 bits per heavy atom. The van der Waals surface area contributed by atoms with Crippen molar-refractivity contribution < 1.29 is 0 Å². The Morgan fingerprint density at radius 2 is 1.80 bits per heavy atom. The van der Waals surface area contributed by atoms with E-state index in [4.69, 9.17) is 4.99 Å². The topological polar surface area (TPSA) is 18.8 Å². The van der Waals surface area contributed by atoms with Crippen LogP contribution in [0.1, 0.15) is 36.7 Å². The molecule has 3 aliphatic heterocycles. The second-order valence-corrected chi connectivity index (χ2v) is 7.70. The Hall–Kier alpha value is -2.81. The first-order valence-corrected chi connectivity index (χ1v) is 8.81. The molecule has 122 valence electrons. The summed E-state index contributed by atoms with van der Waals surface area (Å²) in [6, 6.07) is 17.0. The fraction of sp³-hybridized carbons (Fsp3) is 0.227. The summed E-state index contributed by atoms with van der Waals surface area (Å²) in [5.41, 5.74) is 6.26. The summed E-state index contributed by atoms with van der Waals surface area (Å²) in [4.78, 5) is 9.86. The van der Waals surface area contributed by atoms with Gasteiger partial charge >= 0.3 is 0 Å². The molecular formula is C22H19N3. The molecule has 1 fully saturated rings. The maximum absolute atomic E-state index is 5.05. The van der Waals surface area contributed by atoms with Gasteiger partial charge in [-0.25, -0.2) is 4.99 Å². The van der Waals surface area contributed by atoms with E-state index < -0.39 is 0 Å². The molecule has 6 rings (SSSR count). The number of nitrogens with zero attached hydrogens (tertiary/aromatic N) is 3. The van der Waals surface area contributed by atoms with Gasteiger partial charge in [0.2, 0.25) is 0 Å². The SMILES string of the molecule is C=C1C2(C)c3cccc4c3C3N(C=CN3C12C)C(c1ccccc1)=N4. The Kier molecular flexibility index (Phi) is 2.09. The van der Waals surface area contributed by atoms with Gasteiger partial charge in [0, 0.05) is 28.9 Å². The number of hydrogen-bond acceptors (Lipinski definition) is 3. The van der Waals surface area contributed by atoms with Gasteiger partial charge in [0.25, 0.3) is 0 Å². The molecule has 0 spiro atoms. The molecule has 3 nitrogen and oxygen atoms in total. The summed E-state index contributed by atoms with van der Waals surface area (Å²) in [6.07, 6.45) is 4.58. The Labute approximate surface area is 147 Å². The molecule has 0 N–H and O–H groups in total. The largest absolute Gasteiger partial charge is 0.341 e. The third kappa shape index (κ3) is 1.24. The molecule has 0 radical (unpaired) electrons. The van der Waals surface area contributed by atoms with Crippen LogP contribution in [0.5, 0.6) is 0 Å². The van der Waals surface area contributed by atoms with Gasteiger partial charge in [0.05, 0.1) is 11.2 Å². The number of rotatable bonds is 1. The van der Waals surface area contributed by atoms with E-state index in [0.717, 1.165) is 17.1 Å². The third-order valence-corrected chi connectivity index (χ3v) is 6.92. The molecule has 3 heterocycles. The van der Waals surface area contributed by atoms with Crippen LogP contribution in [0.25, 0.3) is 0 Å². The highest BCUT2D eigenvalue weighted by Crippen LogP contribution is 2.72. The maximum Gasteiger partial charge on any atom is 0.142 e. The van der Waals surface area contributed by atoms with Crippen LogP contribution in [0, 0.1) is 0 Å². The quantitative estimate of drug-likeness (QED) is 0.721. The Balaban J connectivity index is 1.66. The summed E-state index contributed by atoms with van der Waals surface area (Å²) in [6.45, 7) is 9.09. The minimum absolute atomic E-state index is 0.00889. The fourth-order valence-electron chi connectivity index (χ4n) is 5.23. The first-order valence-electron chi connectivity index (χ1n) is 8.81. The highest BCUT2D eigenvalue weighted by Gasteiger charge is 2.74. The zero-order valence-electron chi connectivity index (χ0n) is 14.4. The first-order chi connectivity index (χ1) is 12.1. The average Bonchev–Trinajstić information content (AvgIpc) is 2.99. The van der Waals surface area contributed by atoms with Crippen molar-refractivity contribution in [1.29, 1.82) is 0 Å². The molecule has 0 aromatic heterocycles. The van der Waals surface area contributed by atoms with E-state index in [0.29, 0.717) is 0 Å². The molecule has 0 amide bonds. The predicted molar refractivity (Wildman–Crippen MR) is 99.5 cm³/mol. The third-order valence-electron chi connectivity index (χ3n) is 6.92. The molecule has 0 saturated heterocycles. The van der Waals surface area contributed by atoms with Crippen LogP contribution in [0.2, 0.25) is 0 Å². The van der Waals surface area contributed by atoms with E-state index in [-0.39, 0.29) is 17.1 Å². The summed E-state index contributed by atoms with van der Waals surface area (Å²) < 4.78 is 0.